The number of benzene rings is 1. The van der Waals surface area contributed by atoms with Crippen molar-refractivity contribution in [1.29, 1.82) is 5.26 Å². The third-order valence-corrected chi connectivity index (χ3v) is 6.98. The molecule has 0 saturated carbocycles. The van der Waals surface area contributed by atoms with Gasteiger partial charge in [-0.05, 0) is 44.5 Å². The molecule has 1 N–H and O–H groups in total. The van der Waals surface area contributed by atoms with Crippen LogP contribution in [0.15, 0.2) is 24.3 Å². The Labute approximate surface area is 190 Å². The molecular formula is C23H26F3N5O2. The van der Waals surface area contributed by atoms with Gasteiger partial charge in [-0.25, -0.2) is 0 Å². The molecule has 2 aliphatic heterocycles. The minimum absolute atomic E-state index is 0.0781. The second-order valence-electron chi connectivity index (χ2n) is 9.11. The van der Waals surface area contributed by atoms with Crippen LogP contribution in [0.2, 0.25) is 0 Å². The van der Waals surface area contributed by atoms with E-state index in [-0.39, 0.29) is 25.0 Å². The van der Waals surface area contributed by atoms with Gasteiger partial charge in [-0.1, -0.05) is 0 Å². The third kappa shape index (κ3) is 4.29. The molecule has 0 bridgehead atoms. The first-order valence-corrected chi connectivity index (χ1v) is 10.8. The Bertz CT molecular complexity index is 1110. The second-order valence-corrected chi connectivity index (χ2v) is 9.11. The van der Waals surface area contributed by atoms with Crippen LogP contribution in [0.4, 0.5) is 18.9 Å². The molecule has 2 aliphatic rings. The predicted octanol–water partition coefficient (Wildman–Crippen LogP) is 2.74. The lowest BCUT2D eigenvalue weighted by Gasteiger charge is -2.43. The van der Waals surface area contributed by atoms with E-state index in [1.165, 1.54) is 12.1 Å². The number of nitrogens with zero attached hydrogens (tertiary/aromatic N) is 5. The number of aromatic nitrogens is 2. The molecule has 1 aromatic heterocycles. The summed E-state index contributed by atoms with van der Waals surface area (Å²) < 4.78 is 41.9. The molecule has 0 radical (unpaired) electrons. The third-order valence-electron chi connectivity index (χ3n) is 6.98. The van der Waals surface area contributed by atoms with Crippen molar-refractivity contribution < 1.29 is 23.1 Å². The van der Waals surface area contributed by atoms with Gasteiger partial charge in [0.1, 0.15) is 6.54 Å². The van der Waals surface area contributed by atoms with Crippen LogP contribution in [0.5, 0.6) is 0 Å². The van der Waals surface area contributed by atoms with E-state index in [1.807, 2.05) is 24.8 Å². The van der Waals surface area contributed by atoms with Crippen molar-refractivity contribution in [2.75, 3.05) is 37.7 Å². The normalized spacial score (nSPS) is 22.9. The summed E-state index contributed by atoms with van der Waals surface area (Å²) in [6.07, 6.45) is -4.06. The molecule has 0 spiro atoms. The maximum absolute atomic E-state index is 13.4. The maximum atomic E-state index is 13.4. The zero-order valence-electron chi connectivity index (χ0n) is 18.6. The monoisotopic (exact) mass is 461 g/mol. The van der Waals surface area contributed by atoms with Crippen LogP contribution in [-0.2, 0) is 17.5 Å². The van der Waals surface area contributed by atoms with E-state index in [2.05, 4.69) is 5.10 Å². The maximum Gasteiger partial charge on any atom is 0.417 e. The molecule has 33 heavy (non-hydrogen) atoms. The topological polar surface area (TPSA) is 85.4 Å². The van der Waals surface area contributed by atoms with Gasteiger partial charge in [0.2, 0.25) is 5.91 Å². The van der Waals surface area contributed by atoms with Crippen molar-refractivity contribution in [3.63, 3.8) is 0 Å². The summed E-state index contributed by atoms with van der Waals surface area (Å²) in [7, 11) is 0. The van der Waals surface area contributed by atoms with Crippen LogP contribution in [-0.4, -0.2) is 58.5 Å². The van der Waals surface area contributed by atoms with Gasteiger partial charge in [-0.15, -0.1) is 0 Å². The molecule has 2 aromatic rings. The van der Waals surface area contributed by atoms with E-state index in [0.29, 0.717) is 38.3 Å². The molecule has 7 nitrogen and oxygen atoms in total. The average molecular weight is 461 g/mol. The Morgan fingerprint density at radius 2 is 2.06 bits per heavy atom. The number of rotatable bonds is 4. The number of amides is 1. The highest BCUT2D eigenvalue weighted by atomic mass is 19.4. The molecule has 1 amide bonds. The minimum atomic E-state index is -4.62. The summed E-state index contributed by atoms with van der Waals surface area (Å²) in [5, 5.41) is 23.6. The SMILES string of the molecule is Cc1cc(C)n(CC(=O)N2C[C@H]3CN(c4ccc(C#N)c(C(F)(F)F)c4)CC[C@@]3(CO)C2)n1. The molecule has 0 unspecified atom stereocenters. The van der Waals surface area contributed by atoms with Gasteiger partial charge in [0.25, 0.3) is 0 Å². The van der Waals surface area contributed by atoms with Crippen molar-refractivity contribution in [2.24, 2.45) is 11.3 Å². The Morgan fingerprint density at radius 1 is 1.30 bits per heavy atom. The minimum Gasteiger partial charge on any atom is -0.396 e. The van der Waals surface area contributed by atoms with Crippen molar-refractivity contribution in [2.45, 2.75) is 33.0 Å². The number of halogens is 3. The fourth-order valence-electron chi connectivity index (χ4n) is 5.09. The summed E-state index contributed by atoms with van der Waals surface area (Å²) in [4.78, 5) is 16.6. The van der Waals surface area contributed by atoms with Gasteiger partial charge in [0, 0.05) is 48.9 Å². The first-order chi connectivity index (χ1) is 15.6. The van der Waals surface area contributed by atoms with E-state index in [0.717, 1.165) is 17.5 Å². The smallest absolute Gasteiger partial charge is 0.396 e. The van der Waals surface area contributed by atoms with E-state index < -0.39 is 22.7 Å². The number of likely N-dealkylation sites (tertiary alicyclic amines) is 1. The van der Waals surface area contributed by atoms with Crippen LogP contribution in [0, 0.1) is 36.5 Å². The van der Waals surface area contributed by atoms with Gasteiger partial charge >= 0.3 is 6.18 Å². The molecule has 2 fully saturated rings. The molecule has 10 heteroatoms. The van der Waals surface area contributed by atoms with E-state index in [4.69, 9.17) is 5.26 Å². The highest BCUT2D eigenvalue weighted by Crippen LogP contribution is 2.44. The van der Waals surface area contributed by atoms with Crippen LogP contribution in [0.25, 0.3) is 0 Å². The van der Waals surface area contributed by atoms with E-state index >= 15 is 0 Å². The molecule has 1 aromatic carbocycles. The van der Waals surface area contributed by atoms with Crippen LogP contribution < -0.4 is 4.90 Å². The molecule has 4 rings (SSSR count). The Kier molecular flexibility index (Phi) is 5.86. The number of alkyl halides is 3. The fraction of sp³-hybridized carbons (Fsp3) is 0.522. The lowest BCUT2D eigenvalue weighted by Crippen LogP contribution is -2.49. The summed E-state index contributed by atoms with van der Waals surface area (Å²) in [5.74, 6) is -0.168. The van der Waals surface area contributed by atoms with Gasteiger partial charge in [0.05, 0.1) is 29.5 Å². The summed E-state index contributed by atoms with van der Waals surface area (Å²) in [5.41, 5.74) is 0.283. The van der Waals surface area contributed by atoms with Crippen molar-refractivity contribution in [1.82, 2.24) is 14.7 Å². The number of aliphatic hydroxyl groups excluding tert-OH is 1. The standard InChI is InChI=1S/C23H26F3N5O2/c1-15-7-16(2)31(28-15)12-21(33)30-11-18-10-29(6-5-22(18,13-30)14-32)19-4-3-17(9-27)20(8-19)23(24,25)26/h3-4,7-8,18,32H,5-6,10-14H2,1-2H3/t18-,22+/m1/s1. The summed E-state index contributed by atoms with van der Waals surface area (Å²) in [6.45, 7) is 5.50. The van der Waals surface area contributed by atoms with Crippen LogP contribution >= 0.6 is 0 Å². The van der Waals surface area contributed by atoms with Gasteiger partial charge < -0.3 is 14.9 Å². The van der Waals surface area contributed by atoms with Crippen molar-refractivity contribution >= 4 is 11.6 Å². The molecule has 0 aliphatic carbocycles. The van der Waals surface area contributed by atoms with Crippen molar-refractivity contribution in [3.8, 4) is 6.07 Å². The fourth-order valence-corrected chi connectivity index (χ4v) is 5.09. The number of carbonyl (C=O) groups is 1. The number of piperidine rings is 1. The lowest BCUT2D eigenvalue weighted by atomic mass is 9.73. The molecule has 2 atom stereocenters. The number of hydrogen-bond acceptors (Lipinski definition) is 5. The van der Waals surface area contributed by atoms with Gasteiger partial charge in [0.15, 0.2) is 0 Å². The van der Waals surface area contributed by atoms with Crippen LogP contribution in [0.3, 0.4) is 0 Å². The largest absolute Gasteiger partial charge is 0.417 e. The number of aryl methyl sites for hydroxylation is 2. The number of carbonyl (C=O) groups excluding carboxylic acids is 1. The number of anilines is 1. The number of hydrogen-bond donors (Lipinski definition) is 1. The number of nitriles is 1. The van der Waals surface area contributed by atoms with Gasteiger partial charge in [-0.3, -0.25) is 9.48 Å². The first kappa shape index (κ1) is 23.1. The molecule has 176 valence electrons. The zero-order valence-corrected chi connectivity index (χ0v) is 18.6. The van der Waals surface area contributed by atoms with E-state index in [9.17, 15) is 23.1 Å². The number of aliphatic hydroxyl groups is 1. The lowest BCUT2D eigenvalue weighted by molar-refractivity contribution is -0.137. The first-order valence-electron chi connectivity index (χ1n) is 10.8. The molecular weight excluding hydrogens is 435 g/mol. The van der Waals surface area contributed by atoms with Crippen molar-refractivity contribution in [3.05, 3.63) is 46.8 Å². The highest BCUT2D eigenvalue weighted by molar-refractivity contribution is 5.76. The second kappa shape index (κ2) is 8.37. The van der Waals surface area contributed by atoms with Crippen LogP contribution in [0.1, 0.15) is 28.9 Å². The average Bonchev–Trinajstić information content (AvgIpc) is 3.31. The predicted molar refractivity (Wildman–Crippen MR) is 114 cm³/mol. The highest BCUT2D eigenvalue weighted by Gasteiger charge is 2.50. The summed E-state index contributed by atoms with van der Waals surface area (Å²) in [6, 6.07) is 7.25. The zero-order chi connectivity index (χ0) is 24.0. The Hall–Kier alpha value is -3.06. The van der Waals surface area contributed by atoms with E-state index in [1.54, 1.807) is 15.7 Å². The number of fused-ring (bicyclic) bond motifs is 1. The Morgan fingerprint density at radius 3 is 2.67 bits per heavy atom. The summed E-state index contributed by atoms with van der Waals surface area (Å²) >= 11 is 0. The quantitative estimate of drug-likeness (QED) is 0.757. The Balaban J connectivity index is 1.52. The van der Waals surface area contributed by atoms with Gasteiger partial charge in [-0.2, -0.15) is 23.5 Å². The molecule has 2 saturated heterocycles. The molecule has 3 heterocycles.